The van der Waals surface area contributed by atoms with Crippen molar-refractivity contribution in [2.75, 3.05) is 12.0 Å². The van der Waals surface area contributed by atoms with Crippen molar-refractivity contribution in [1.82, 2.24) is 14.8 Å². The number of H-pyrrole nitrogens is 1. The van der Waals surface area contributed by atoms with Crippen LogP contribution in [0.25, 0.3) is 0 Å². The summed E-state index contributed by atoms with van der Waals surface area (Å²) in [4.78, 5) is 0. The van der Waals surface area contributed by atoms with Crippen molar-refractivity contribution in [2.45, 2.75) is 19.9 Å². The monoisotopic (exact) mass is 219 g/mol. The molecule has 0 aliphatic heterocycles. The maximum absolute atomic E-state index is 10.8. The van der Waals surface area contributed by atoms with Gasteiger partial charge in [0.15, 0.2) is 4.77 Å². The van der Waals surface area contributed by atoms with E-state index in [4.69, 9.17) is 12.2 Å². The summed E-state index contributed by atoms with van der Waals surface area (Å²) in [6.45, 7) is 2.69. The molecule has 0 amide bonds. The summed E-state index contributed by atoms with van der Waals surface area (Å²) in [7, 11) is -0.718. The highest BCUT2D eigenvalue weighted by Crippen LogP contribution is 1.98. The van der Waals surface area contributed by atoms with Gasteiger partial charge in [0, 0.05) is 29.4 Å². The molecular weight excluding hydrogens is 206 g/mol. The van der Waals surface area contributed by atoms with Crippen LogP contribution < -0.4 is 0 Å². The molecule has 1 heterocycles. The highest BCUT2D eigenvalue weighted by Gasteiger charge is 2.00. The predicted octanol–water partition coefficient (Wildman–Crippen LogP) is 1.02. The standard InChI is InChI=1S/C7H13N3OS2/c1-6-8-9-7(12)10(6)4-3-5-13(2)11/h3-5H2,1-2H3,(H,9,12). The summed E-state index contributed by atoms with van der Waals surface area (Å²) in [5.74, 6) is 1.60. The summed E-state index contributed by atoms with van der Waals surface area (Å²) in [5.41, 5.74) is 0. The van der Waals surface area contributed by atoms with Crippen LogP contribution in [0.4, 0.5) is 0 Å². The van der Waals surface area contributed by atoms with Gasteiger partial charge in [0.1, 0.15) is 5.82 Å². The van der Waals surface area contributed by atoms with Crippen LogP contribution in [-0.4, -0.2) is 31.0 Å². The van der Waals surface area contributed by atoms with Crippen molar-refractivity contribution < 1.29 is 4.21 Å². The normalized spacial score (nSPS) is 13.1. The SMILES string of the molecule is Cc1n[nH]c(=S)n1CCCS(C)=O. The quantitative estimate of drug-likeness (QED) is 0.769. The molecule has 0 aromatic carbocycles. The average molecular weight is 219 g/mol. The fraction of sp³-hybridized carbons (Fsp3) is 0.714. The molecule has 0 aliphatic carbocycles. The van der Waals surface area contributed by atoms with Gasteiger partial charge < -0.3 is 4.57 Å². The van der Waals surface area contributed by atoms with Crippen LogP contribution in [0.2, 0.25) is 0 Å². The Bertz CT molecular complexity index is 355. The minimum Gasteiger partial charge on any atom is -0.304 e. The number of aromatic amines is 1. The van der Waals surface area contributed by atoms with Crippen LogP contribution in [-0.2, 0) is 17.3 Å². The molecule has 74 valence electrons. The largest absolute Gasteiger partial charge is 0.304 e. The minimum atomic E-state index is -0.718. The van der Waals surface area contributed by atoms with Crippen LogP contribution in [0.5, 0.6) is 0 Å². The van der Waals surface area contributed by atoms with E-state index in [1.165, 1.54) is 0 Å². The molecule has 0 aliphatic rings. The Balaban J connectivity index is 2.54. The van der Waals surface area contributed by atoms with Crippen LogP contribution in [0.15, 0.2) is 0 Å². The van der Waals surface area contributed by atoms with E-state index in [1.54, 1.807) is 6.26 Å². The van der Waals surface area contributed by atoms with Gasteiger partial charge in [-0.25, -0.2) is 0 Å². The molecular formula is C7H13N3OS2. The smallest absolute Gasteiger partial charge is 0.195 e. The maximum atomic E-state index is 10.8. The van der Waals surface area contributed by atoms with Crippen LogP contribution in [0, 0.1) is 11.7 Å². The van der Waals surface area contributed by atoms with Gasteiger partial charge in [0.25, 0.3) is 0 Å². The molecule has 13 heavy (non-hydrogen) atoms. The Kier molecular flexibility index (Phi) is 3.80. The van der Waals surface area contributed by atoms with Gasteiger partial charge in [-0.1, -0.05) is 0 Å². The van der Waals surface area contributed by atoms with E-state index in [2.05, 4.69) is 10.2 Å². The second-order valence-electron chi connectivity index (χ2n) is 2.86. The van der Waals surface area contributed by atoms with E-state index in [-0.39, 0.29) is 0 Å². The number of rotatable bonds is 4. The molecule has 0 saturated carbocycles. The number of aromatic nitrogens is 3. The fourth-order valence-corrected chi connectivity index (χ4v) is 1.89. The molecule has 4 nitrogen and oxygen atoms in total. The Morgan fingerprint density at radius 3 is 2.85 bits per heavy atom. The lowest BCUT2D eigenvalue weighted by Crippen LogP contribution is -2.04. The van der Waals surface area contributed by atoms with Gasteiger partial charge in [0.2, 0.25) is 0 Å². The maximum Gasteiger partial charge on any atom is 0.195 e. The summed E-state index contributed by atoms with van der Waals surface area (Å²) < 4.78 is 13.4. The average Bonchev–Trinajstić information content (AvgIpc) is 2.34. The van der Waals surface area contributed by atoms with Crippen molar-refractivity contribution in [3.05, 3.63) is 10.6 Å². The highest BCUT2D eigenvalue weighted by atomic mass is 32.2. The summed E-state index contributed by atoms with van der Waals surface area (Å²) >= 11 is 5.02. The molecule has 0 saturated heterocycles. The van der Waals surface area contributed by atoms with E-state index in [0.717, 1.165) is 18.8 Å². The number of aryl methyl sites for hydroxylation is 1. The second kappa shape index (κ2) is 4.66. The first-order chi connectivity index (χ1) is 6.11. The van der Waals surface area contributed by atoms with Crippen LogP contribution in [0.1, 0.15) is 12.2 Å². The molecule has 6 heteroatoms. The van der Waals surface area contributed by atoms with Crippen molar-refractivity contribution in [2.24, 2.45) is 0 Å². The summed E-state index contributed by atoms with van der Waals surface area (Å²) in [5, 5.41) is 6.70. The van der Waals surface area contributed by atoms with Crippen molar-refractivity contribution in [3.8, 4) is 0 Å². The number of nitrogens with zero attached hydrogens (tertiary/aromatic N) is 2. The molecule has 1 N–H and O–H groups in total. The zero-order valence-electron chi connectivity index (χ0n) is 7.74. The van der Waals surface area contributed by atoms with E-state index in [0.29, 0.717) is 10.5 Å². The zero-order chi connectivity index (χ0) is 9.84. The molecule has 1 aromatic heterocycles. The lowest BCUT2D eigenvalue weighted by atomic mass is 10.4. The number of hydrogen-bond donors (Lipinski definition) is 1. The minimum absolute atomic E-state index is 0.638. The van der Waals surface area contributed by atoms with Crippen LogP contribution in [0.3, 0.4) is 0 Å². The first-order valence-electron chi connectivity index (χ1n) is 4.03. The highest BCUT2D eigenvalue weighted by molar-refractivity contribution is 7.84. The van der Waals surface area contributed by atoms with Gasteiger partial charge in [-0.2, -0.15) is 5.10 Å². The third-order valence-electron chi connectivity index (χ3n) is 1.76. The third kappa shape index (κ3) is 3.04. The zero-order valence-corrected chi connectivity index (χ0v) is 9.37. The second-order valence-corrected chi connectivity index (χ2v) is 4.80. The Hall–Kier alpha value is -0.490. The van der Waals surface area contributed by atoms with E-state index >= 15 is 0 Å². The molecule has 0 spiro atoms. The molecule has 1 unspecified atom stereocenters. The Morgan fingerprint density at radius 1 is 1.69 bits per heavy atom. The van der Waals surface area contributed by atoms with Crippen molar-refractivity contribution in [3.63, 3.8) is 0 Å². The first-order valence-corrected chi connectivity index (χ1v) is 6.16. The Morgan fingerprint density at radius 2 is 2.38 bits per heavy atom. The third-order valence-corrected chi connectivity index (χ3v) is 2.94. The topological polar surface area (TPSA) is 50.7 Å². The van der Waals surface area contributed by atoms with E-state index in [1.807, 2.05) is 11.5 Å². The molecule has 0 bridgehead atoms. The summed E-state index contributed by atoms with van der Waals surface area (Å²) in [6, 6.07) is 0. The van der Waals surface area contributed by atoms with Gasteiger partial charge in [-0.3, -0.25) is 9.31 Å². The molecule has 1 aromatic rings. The van der Waals surface area contributed by atoms with E-state index < -0.39 is 10.8 Å². The van der Waals surface area contributed by atoms with Gasteiger partial charge >= 0.3 is 0 Å². The molecule has 0 fully saturated rings. The lowest BCUT2D eigenvalue weighted by Gasteiger charge is -2.01. The fourth-order valence-electron chi connectivity index (χ4n) is 1.09. The Labute approximate surface area is 84.8 Å². The van der Waals surface area contributed by atoms with Gasteiger partial charge in [0.05, 0.1) is 0 Å². The molecule has 1 rings (SSSR count). The molecule has 0 radical (unpaired) electrons. The number of nitrogens with one attached hydrogen (secondary N) is 1. The van der Waals surface area contributed by atoms with Crippen LogP contribution >= 0.6 is 12.2 Å². The predicted molar refractivity (Wildman–Crippen MR) is 55.7 cm³/mol. The van der Waals surface area contributed by atoms with E-state index in [9.17, 15) is 4.21 Å². The lowest BCUT2D eigenvalue weighted by molar-refractivity contribution is 0.642. The number of hydrogen-bond acceptors (Lipinski definition) is 3. The van der Waals surface area contributed by atoms with Gasteiger partial charge in [-0.15, -0.1) is 0 Å². The summed E-state index contributed by atoms with van der Waals surface area (Å²) in [6.07, 6.45) is 2.58. The van der Waals surface area contributed by atoms with Gasteiger partial charge in [-0.05, 0) is 25.6 Å². The first kappa shape index (κ1) is 10.6. The van der Waals surface area contributed by atoms with Crippen molar-refractivity contribution in [1.29, 1.82) is 0 Å². The molecule has 1 atom stereocenters. The van der Waals surface area contributed by atoms with Crippen molar-refractivity contribution >= 4 is 23.0 Å².